The van der Waals surface area contributed by atoms with E-state index in [0.29, 0.717) is 40.0 Å². The van der Waals surface area contributed by atoms with E-state index in [1.54, 1.807) is 22.4 Å². The second-order valence-electron chi connectivity index (χ2n) is 19.5. The van der Waals surface area contributed by atoms with Crippen molar-refractivity contribution < 1.29 is 67.1 Å². The number of aromatic nitrogens is 1. The molecule has 1 unspecified atom stereocenters. The number of thiazole rings is 1. The van der Waals surface area contributed by atoms with Gasteiger partial charge in [-0.1, -0.05) is 78.5 Å². The number of nitrogens with zero attached hydrogens (tertiary/aromatic N) is 5. The Kier molecular flexibility index (Phi) is 21.0. The van der Waals surface area contributed by atoms with Crippen molar-refractivity contribution in [3.8, 4) is 5.75 Å². The number of esters is 1. The molecule has 1 N–H and O–H groups in total. The zero-order valence-electron chi connectivity index (χ0n) is 42.7. The first kappa shape index (κ1) is 56.8. The summed E-state index contributed by atoms with van der Waals surface area (Å²) >= 11 is 1.26. The van der Waals surface area contributed by atoms with Crippen molar-refractivity contribution in [2.24, 2.45) is 23.7 Å². The van der Waals surface area contributed by atoms with Gasteiger partial charge in [0.2, 0.25) is 5.91 Å². The third-order valence-corrected chi connectivity index (χ3v) is 14.7. The maximum atomic E-state index is 14.9. The third-order valence-electron chi connectivity index (χ3n) is 13.6. The fourth-order valence-corrected chi connectivity index (χ4v) is 9.96. The van der Waals surface area contributed by atoms with Gasteiger partial charge in [0.25, 0.3) is 29.5 Å². The number of piperidine rings is 1. The molecule has 3 aliphatic heterocycles. The SMILES string of the molecule is CCCC(=O)OCN(C(=O)[C@H](CC(=O)[C@@H]1CCCCN1C)C(C)CC)[C@@H](C[C@H](C)c1nc(C(=O)N[C@H](Cc2ccc(OC(=O)ON3C(=O)CCC3=O)cc2)C[C@@H](C)C(=O)ON2C(=O)CCC2=O)cs1)C(C)C. The van der Waals surface area contributed by atoms with Gasteiger partial charge in [-0.15, -0.1) is 16.4 Å². The van der Waals surface area contributed by atoms with E-state index in [1.165, 1.54) is 30.4 Å². The van der Waals surface area contributed by atoms with E-state index in [2.05, 4.69) is 10.2 Å². The number of Topliss-reactive ketones (excluding diaryl/α,β-unsaturated/α-hetero) is 1. The van der Waals surface area contributed by atoms with Crippen LogP contribution < -0.4 is 10.1 Å². The number of likely N-dealkylation sites (N-methyl/N-ethyl adjacent to an activating group) is 1. The number of ether oxygens (including phenoxy) is 2. The van der Waals surface area contributed by atoms with Crippen molar-refractivity contribution in [2.75, 3.05) is 20.3 Å². The second kappa shape index (κ2) is 26.6. The lowest BCUT2D eigenvalue weighted by molar-refractivity contribution is -0.200. The van der Waals surface area contributed by atoms with Gasteiger partial charge in [0.1, 0.15) is 11.4 Å². The van der Waals surface area contributed by atoms with E-state index in [9.17, 15) is 47.9 Å². The van der Waals surface area contributed by atoms with Crippen LogP contribution in [-0.2, 0) is 59.2 Å². The van der Waals surface area contributed by atoms with Gasteiger partial charge < -0.3 is 24.5 Å². The maximum Gasteiger partial charge on any atom is 0.539 e. The van der Waals surface area contributed by atoms with E-state index in [1.807, 2.05) is 48.6 Å². The van der Waals surface area contributed by atoms with Gasteiger partial charge in [-0.3, -0.25) is 48.1 Å². The number of amides is 6. The van der Waals surface area contributed by atoms with Gasteiger partial charge in [0, 0.05) is 67.8 Å². The van der Waals surface area contributed by atoms with Crippen molar-refractivity contribution in [1.29, 1.82) is 0 Å². The quantitative estimate of drug-likeness (QED) is 0.0486. The van der Waals surface area contributed by atoms with E-state index in [0.717, 1.165) is 25.8 Å². The number of carbonyl (C=O) groups is 10. The zero-order chi connectivity index (χ0) is 52.8. The molecule has 0 spiro atoms. The summed E-state index contributed by atoms with van der Waals surface area (Å²) in [5, 5.41) is 6.01. The van der Waals surface area contributed by atoms with Crippen molar-refractivity contribution >= 4 is 70.7 Å². The predicted octanol–water partition coefficient (Wildman–Crippen LogP) is 6.45. The molecule has 394 valence electrons. The topological polar surface area (TPSA) is 245 Å². The van der Waals surface area contributed by atoms with Crippen LogP contribution in [0, 0.1) is 23.7 Å². The molecule has 72 heavy (non-hydrogen) atoms. The Bertz CT molecular complexity index is 2270. The first-order valence-electron chi connectivity index (χ1n) is 25.1. The van der Waals surface area contributed by atoms with Gasteiger partial charge in [0.05, 0.1) is 17.0 Å². The standard InChI is InChI=1S/C51H70N6O14S/c1-9-13-46(63)68-29-55(49(65)37(31(5)10-2)27-41(58)39-14-11-12-23-54(39)8)40(30(3)4)25-32(6)48-53-38(28-72-48)47(64)52-35(24-33(7)50(66)70-56-42(59)19-20-43(56)60)26-34-15-17-36(18-16-34)69-51(67)71-57-44(61)21-22-45(57)62/h15-18,28,30-33,35,37,39-40H,9-14,19-27,29H2,1-8H3,(H,52,64)/t31?,32-,33+,35-,37+,39-,40-/m0/s1. The smallest absolute Gasteiger partial charge is 0.444 e. The number of hydrogen-bond donors (Lipinski definition) is 1. The first-order valence-corrected chi connectivity index (χ1v) is 26.0. The molecule has 20 nitrogen and oxygen atoms in total. The van der Waals surface area contributed by atoms with Gasteiger partial charge in [-0.05, 0) is 81.6 Å². The largest absolute Gasteiger partial charge is 0.539 e. The van der Waals surface area contributed by atoms with Crippen molar-refractivity contribution in [3.63, 3.8) is 0 Å². The molecule has 2 aromatic rings. The number of nitrogens with one attached hydrogen (secondary N) is 1. The molecule has 1 aromatic carbocycles. The fraction of sp³-hybridized carbons (Fsp3) is 0.627. The van der Waals surface area contributed by atoms with Gasteiger partial charge in [0.15, 0.2) is 12.5 Å². The minimum Gasteiger partial charge on any atom is -0.444 e. The van der Waals surface area contributed by atoms with Crippen LogP contribution in [0.2, 0.25) is 0 Å². The molecule has 0 aliphatic carbocycles. The first-order chi connectivity index (χ1) is 34.2. The Morgan fingerprint density at radius 2 is 1.47 bits per heavy atom. The molecule has 6 amide bonds. The van der Waals surface area contributed by atoms with Crippen LogP contribution >= 0.6 is 11.3 Å². The van der Waals surface area contributed by atoms with Gasteiger partial charge >= 0.3 is 18.1 Å². The zero-order valence-corrected chi connectivity index (χ0v) is 43.5. The molecule has 0 radical (unpaired) electrons. The number of ketones is 1. The van der Waals surface area contributed by atoms with Crippen LogP contribution in [0.3, 0.4) is 0 Å². The van der Waals surface area contributed by atoms with Gasteiger partial charge in [-0.2, -0.15) is 0 Å². The van der Waals surface area contributed by atoms with E-state index in [-0.39, 0.29) is 105 Å². The number of carbonyl (C=O) groups excluding carboxylic acids is 10. The molecular formula is C51H70N6O14S. The Balaban J connectivity index is 1.32. The number of benzene rings is 1. The Labute approximate surface area is 424 Å². The summed E-state index contributed by atoms with van der Waals surface area (Å²) in [6, 6.07) is 4.63. The average molecular weight is 1020 g/mol. The predicted molar refractivity (Wildman–Crippen MR) is 260 cm³/mol. The maximum absolute atomic E-state index is 14.9. The lowest BCUT2D eigenvalue weighted by Gasteiger charge is -2.39. The summed E-state index contributed by atoms with van der Waals surface area (Å²) in [6.07, 6.45) is 3.12. The highest BCUT2D eigenvalue weighted by Crippen LogP contribution is 2.33. The summed E-state index contributed by atoms with van der Waals surface area (Å²) in [4.78, 5) is 148. The monoisotopic (exact) mass is 1020 g/mol. The highest BCUT2D eigenvalue weighted by atomic mass is 32.1. The van der Waals surface area contributed by atoms with Crippen LogP contribution in [0.15, 0.2) is 29.6 Å². The van der Waals surface area contributed by atoms with E-state index < -0.39 is 71.5 Å². The van der Waals surface area contributed by atoms with Crippen LogP contribution in [0.4, 0.5) is 4.79 Å². The minimum atomic E-state index is -1.30. The van der Waals surface area contributed by atoms with Crippen LogP contribution in [-0.4, -0.2) is 123 Å². The number of likely N-dealkylation sites (tertiary alicyclic amines) is 1. The highest BCUT2D eigenvalue weighted by molar-refractivity contribution is 7.09. The molecule has 3 aliphatic rings. The molecule has 21 heteroatoms. The van der Waals surface area contributed by atoms with Crippen LogP contribution in [0.25, 0.3) is 0 Å². The number of rotatable bonds is 25. The molecule has 7 atom stereocenters. The lowest BCUT2D eigenvalue weighted by Crippen LogP contribution is -2.50. The molecule has 0 bridgehead atoms. The third kappa shape index (κ3) is 15.5. The van der Waals surface area contributed by atoms with E-state index in [4.69, 9.17) is 24.1 Å². The average Bonchev–Trinajstić information content (AvgIpc) is 4.06. The van der Waals surface area contributed by atoms with Gasteiger partial charge in [-0.25, -0.2) is 14.6 Å². The Morgan fingerprint density at radius 3 is 2.06 bits per heavy atom. The minimum absolute atomic E-state index is 0.0000184. The lowest BCUT2D eigenvalue weighted by atomic mass is 9.82. The van der Waals surface area contributed by atoms with Crippen molar-refractivity contribution in [2.45, 2.75) is 162 Å². The summed E-state index contributed by atoms with van der Waals surface area (Å²) < 4.78 is 10.9. The molecule has 0 saturated carbocycles. The Morgan fingerprint density at radius 1 is 0.847 bits per heavy atom. The molecule has 4 heterocycles. The summed E-state index contributed by atoms with van der Waals surface area (Å²) in [5.74, 6) is -6.70. The van der Waals surface area contributed by atoms with Crippen molar-refractivity contribution in [3.05, 3.63) is 45.9 Å². The highest BCUT2D eigenvalue weighted by Gasteiger charge is 2.40. The molecule has 5 rings (SSSR count). The summed E-state index contributed by atoms with van der Waals surface area (Å²) in [6.45, 7) is 13.8. The second-order valence-corrected chi connectivity index (χ2v) is 20.4. The summed E-state index contributed by atoms with van der Waals surface area (Å²) in [5.41, 5.74) is 0.725. The van der Waals surface area contributed by atoms with Crippen LogP contribution in [0.1, 0.15) is 159 Å². The number of imide groups is 2. The fourth-order valence-electron chi connectivity index (χ4n) is 9.08. The normalized spacial score (nSPS) is 18.8. The number of hydroxylamine groups is 4. The Hall–Kier alpha value is -6.09. The molecule has 3 fully saturated rings. The molecule has 1 aromatic heterocycles. The number of hydrogen-bond acceptors (Lipinski definition) is 17. The van der Waals surface area contributed by atoms with E-state index >= 15 is 0 Å². The van der Waals surface area contributed by atoms with Crippen molar-refractivity contribution in [1.82, 2.24) is 30.2 Å². The van der Waals surface area contributed by atoms with Crippen LogP contribution in [0.5, 0.6) is 5.75 Å². The molecular weight excluding hydrogens is 953 g/mol. The summed E-state index contributed by atoms with van der Waals surface area (Å²) in [7, 11) is 1.95. The molecule has 3 saturated heterocycles.